The van der Waals surface area contributed by atoms with Crippen molar-refractivity contribution in [3.8, 4) is 0 Å². The SMILES string of the molecule is Cc1cccc(CNc2ccnc(Nc3ccc(N(C)C)cc3)n2)c1. The van der Waals surface area contributed by atoms with Gasteiger partial charge in [0.2, 0.25) is 5.95 Å². The molecule has 0 aliphatic rings. The Balaban J connectivity index is 1.64. The first kappa shape index (κ1) is 16.8. The molecule has 0 saturated carbocycles. The molecule has 0 atom stereocenters. The summed E-state index contributed by atoms with van der Waals surface area (Å²) in [7, 11) is 4.05. The molecule has 0 bridgehead atoms. The second-order valence-electron chi connectivity index (χ2n) is 6.17. The first-order valence-corrected chi connectivity index (χ1v) is 8.27. The largest absolute Gasteiger partial charge is 0.378 e. The Bertz CT molecular complexity index is 827. The highest BCUT2D eigenvalue weighted by molar-refractivity contribution is 5.59. The third kappa shape index (κ3) is 4.70. The van der Waals surface area contributed by atoms with Crippen molar-refractivity contribution in [3.63, 3.8) is 0 Å². The molecule has 2 aromatic carbocycles. The van der Waals surface area contributed by atoms with Crippen LogP contribution in [0.15, 0.2) is 60.8 Å². The number of aromatic nitrogens is 2. The molecule has 0 aliphatic heterocycles. The maximum Gasteiger partial charge on any atom is 0.229 e. The topological polar surface area (TPSA) is 53.1 Å². The van der Waals surface area contributed by atoms with Gasteiger partial charge in [0.05, 0.1) is 0 Å². The van der Waals surface area contributed by atoms with Crippen LogP contribution >= 0.6 is 0 Å². The van der Waals surface area contributed by atoms with Gasteiger partial charge in [0.25, 0.3) is 0 Å². The number of hydrogen-bond donors (Lipinski definition) is 2. The van der Waals surface area contributed by atoms with Crippen molar-refractivity contribution >= 4 is 23.1 Å². The van der Waals surface area contributed by atoms with E-state index in [0.717, 1.165) is 23.7 Å². The Kier molecular flexibility index (Phi) is 5.14. The van der Waals surface area contributed by atoms with Crippen molar-refractivity contribution in [2.24, 2.45) is 0 Å². The lowest BCUT2D eigenvalue weighted by molar-refractivity contribution is 1.08. The minimum absolute atomic E-state index is 0.576. The lowest BCUT2D eigenvalue weighted by Gasteiger charge is -2.13. The molecule has 0 saturated heterocycles. The van der Waals surface area contributed by atoms with E-state index < -0.39 is 0 Å². The summed E-state index contributed by atoms with van der Waals surface area (Å²) in [6.07, 6.45) is 1.75. The molecule has 0 fully saturated rings. The van der Waals surface area contributed by atoms with Gasteiger partial charge < -0.3 is 15.5 Å². The van der Waals surface area contributed by atoms with E-state index in [9.17, 15) is 0 Å². The Hall–Kier alpha value is -3.08. The van der Waals surface area contributed by atoms with Gasteiger partial charge in [0, 0.05) is 38.2 Å². The molecule has 3 rings (SSSR count). The molecule has 1 heterocycles. The normalized spacial score (nSPS) is 10.4. The van der Waals surface area contributed by atoms with Gasteiger partial charge >= 0.3 is 0 Å². The van der Waals surface area contributed by atoms with Crippen molar-refractivity contribution in [1.29, 1.82) is 0 Å². The highest BCUT2D eigenvalue weighted by Gasteiger charge is 2.02. The third-order valence-corrected chi connectivity index (χ3v) is 3.85. The van der Waals surface area contributed by atoms with Crippen LogP contribution in [0.3, 0.4) is 0 Å². The van der Waals surface area contributed by atoms with Gasteiger partial charge in [-0.15, -0.1) is 0 Å². The summed E-state index contributed by atoms with van der Waals surface area (Å²) < 4.78 is 0. The second-order valence-corrected chi connectivity index (χ2v) is 6.17. The minimum Gasteiger partial charge on any atom is -0.378 e. The number of nitrogens with zero attached hydrogens (tertiary/aromatic N) is 3. The molecule has 128 valence electrons. The molecule has 0 aliphatic carbocycles. The van der Waals surface area contributed by atoms with Crippen LogP contribution in [0.5, 0.6) is 0 Å². The predicted molar refractivity (Wildman–Crippen MR) is 105 cm³/mol. The standard InChI is InChI=1S/C20H23N5/c1-15-5-4-6-16(13-15)14-22-19-11-12-21-20(24-19)23-17-7-9-18(10-8-17)25(2)3/h4-13H,14H2,1-3H3,(H2,21,22,23,24). The van der Waals surface area contributed by atoms with Crippen molar-refractivity contribution in [3.05, 3.63) is 71.9 Å². The average Bonchev–Trinajstić information content (AvgIpc) is 2.61. The zero-order valence-corrected chi connectivity index (χ0v) is 14.8. The maximum absolute atomic E-state index is 4.52. The van der Waals surface area contributed by atoms with E-state index in [1.54, 1.807) is 6.20 Å². The molecule has 5 nitrogen and oxygen atoms in total. The van der Waals surface area contributed by atoms with Crippen LogP contribution in [0.4, 0.5) is 23.1 Å². The number of rotatable bonds is 6. The smallest absolute Gasteiger partial charge is 0.229 e. The third-order valence-electron chi connectivity index (χ3n) is 3.85. The number of aryl methyl sites for hydroxylation is 1. The minimum atomic E-state index is 0.576. The zero-order chi connectivity index (χ0) is 17.6. The number of hydrogen-bond acceptors (Lipinski definition) is 5. The number of nitrogens with one attached hydrogen (secondary N) is 2. The number of benzene rings is 2. The molecule has 5 heteroatoms. The quantitative estimate of drug-likeness (QED) is 0.708. The summed E-state index contributed by atoms with van der Waals surface area (Å²) in [6, 6.07) is 18.5. The van der Waals surface area contributed by atoms with Gasteiger partial charge in [-0.2, -0.15) is 4.98 Å². The molecule has 2 N–H and O–H groups in total. The molecule has 1 aromatic heterocycles. The van der Waals surface area contributed by atoms with Gasteiger partial charge in [-0.1, -0.05) is 29.8 Å². The highest BCUT2D eigenvalue weighted by atomic mass is 15.1. The van der Waals surface area contributed by atoms with Crippen molar-refractivity contribution in [2.75, 3.05) is 29.6 Å². The van der Waals surface area contributed by atoms with E-state index in [1.165, 1.54) is 11.1 Å². The molecule has 3 aromatic rings. The molecule has 25 heavy (non-hydrogen) atoms. The van der Waals surface area contributed by atoms with E-state index in [-0.39, 0.29) is 0 Å². The van der Waals surface area contributed by atoms with Gasteiger partial charge in [-0.3, -0.25) is 0 Å². The van der Waals surface area contributed by atoms with E-state index >= 15 is 0 Å². The zero-order valence-electron chi connectivity index (χ0n) is 14.8. The van der Waals surface area contributed by atoms with Crippen molar-refractivity contribution in [2.45, 2.75) is 13.5 Å². The fourth-order valence-electron chi connectivity index (χ4n) is 2.50. The predicted octanol–water partition coefficient (Wildman–Crippen LogP) is 4.21. The molecule has 0 unspecified atom stereocenters. The van der Waals surface area contributed by atoms with E-state index in [4.69, 9.17) is 0 Å². The first-order valence-electron chi connectivity index (χ1n) is 8.27. The molecule has 0 spiro atoms. The van der Waals surface area contributed by atoms with Gasteiger partial charge in [-0.05, 0) is 42.8 Å². The van der Waals surface area contributed by atoms with E-state index in [0.29, 0.717) is 5.95 Å². The lowest BCUT2D eigenvalue weighted by Crippen LogP contribution is -2.08. The maximum atomic E-state index is 4.52. The van der Waals surface area contributed by atoms with E-state index in [1.807, 2.05) is 32.3 Å². The first-order chi connectivity index (χ1) is 12.1. The van der Waals surface area contributed by atoms with Crippen LogP contribution in [0.1, 0.15) is 11.1 Å². The second kappa shape index (κ2) is 7.66. The highest BCUT2D eigenvalue weighted by Crippen LogP contribution is 2.19. The van der Waals surface area contributed by atoms with Crippen LogP contribution < -0.4 is 15.5 Å². The van der Waals surface area contributed by atoms with E-state index in [2.05, 4.69) is 68.8 Å². The fourth-order valence-corrected chi connectivity index (χ4v) is 2.50. The summed E-state index contributed by atoms with van der Waals surface area (Å²) in [5, 5.41) is 6.58. The summed E-state index contributed by atoms with van der Waals surface area (Å²) >= 11 is 0. The Morgan fingerprint density at radius 3 is 2.52 bits per heavy atom. The Morgan fingerprint density at radius 1 is 1.00 bits per heavy atom. The van der Waals surface area contributed by atoms with Gasteiger partial charge in [-0.25, -0.2) is 4.98 Å². The van der Waals surface area contributed by atoms with Gasteiger partial charge in [0.15, 0.2) is 0 Å². The van der Waals surface area contributed by atoms with Crippen LogP contribution in [0, 0.1) is 6.92 Å². The van der Waals surface area contributed by atoms with Crippen LogP contribution in [0.25, 0.3) is 0 Å². The van der Waals surface area contributed by atoms with Crippen molar-refractivity contribution < 1.29 is 0 Å². The van der Waals surface area contributed by atoms with Crippen LogP contribution in [-0.4, -0.2) is 24.1 Å². The molecular weight excluding hydrogens is 310 g/mol. The summed E-state index contributed by atoms with van der Waals surface area (Å²) in [5.41, 5.74) is 4.60. The summed E-state index contributed by atoms with van der Waals surface area (Å²) in [6.45, 7) is 2.83. The summed E-state index contributed by atoms with van der Waals surface area (Å²) in [5.74, 6) is 1.37. The van der Waals surface area contributed by atoms with Gasteiger partial charge in [0.1, 0.15) is 5.82 Å². The van der Waals surface area contributed by atoms with Crippen LogP contribution in [0.2, 0.25) is 0 Å². The molecule has 0 radical (unpaired) electrons. The van der Waals surface area contributed by atoms with Crippen LogP contribution in [-0.2, 0) is 6.54 Å². The molecule has 0 amide bonds. The molecular formula is C20H23N5. The van der Waals surface area contributed by atoms with Crippen molar-refractivity contribution in [1.82, 2.24) is 9.97 Å². The Morgan fingerprint density at radius 2 is 1.80 bits per heavy atom. The number of anilines is 4. The average molecular weight is 333 g/mol. The fraction of sp³-hybridized carbons (Fsp3) is 0.200. The monoisotopic (exact) mass is 333 g/mol. The Labute approximate surface area is 148 Å². The lowest BCUT2D eigenvalue weighted by atomic mass is 10.1. The summed E-state index contributed by atoms with van der Waals surface area (Å²) in [4.78, 5) is 10.9.